The third kappa shape index (κ3) is 5.98. The summed E-state index contributed by atoms with van der Waals surface area (Å²) >= 11 is 0. The number of benzene rings is 2. The maximum atomic E-state index is 13.1. The molecular formula is C25H31N3O6. The van der Waals surface area contributed by atoms with Crippen LogP contribution in [0.15, 0.2) is 60.7 Å². The van der Waals surface area contributed by atoms with Crippen LogP contribution in [0.5, 0.6) is 0 Å². The number of hydrogen-bond acceptors (Lipinski definition) is 6. The molecule has 9 heteroatoms. The molecule has 2 aromatic carbocycles. The van der Waals surface area contributed by atoms with E-state index in [-0.39, 0.29) is 17.4 Å². The highest BCUT2D eigenvalue weighted by Crippen LogP contribution is 2.39. The summed E-state index contributed by atoms with van der Waals surface area (Å²) in [6.45, 7) is 3.61. The summed E-state index contributed by atoms with van der Waals surface area (Å²) in [6.07, 6.45) is 0.0854. The number of carbonyl (C=O) groups excluding carboxylic acids is 1. The Labute approximate surface area is 198 Å². The van der Waals surface area contributed by atoms with Crippen LogP contribution >= 0.6 is 0 Å². The zero-order valence-electron chi connectivity index (χ0n) is 19.3. The first-order chi connectivity index (χ1) is 16.3. The van der Waals surface area contributed by atoms with Crippen molar-refractivity contribution < 1.29 is 24.4 Å². The van der Waals surface area contributed by atoms with E-state index in [1.54, 1.807) is 24.3 Å². The van der Waals surface area contributed by atoms with Gasteiger partial charge in [0.1, 0.15) is 12.6 Å². The lowest BCUT2D eigenvalue weighted by molar-refractivity contribution is -0.535. The van der Waals surface area contributed by atoms with Crippen LogP contribution in [0.1, 0.15) is 37.4 Å². The minimum atomic E-state index is -1.19. The van der Waals surface area contributed by atoms with E-state index in [0.717, 1.165) is 5.56 Å². The predicted octanol–water partition coefficient (Wildman–Crippen LogP) is 2.79. The molecule has 2 aromatic rings. The molecule has 182 valence electrons. The van der Waals surface area contributed by atoms with E-state index in [1.807, 2.05) is 50.2 Å². The normalized spacial score (nSPS) is 23.7. The molecule has 34 heavy (non-hydrogen) atoms. The molecule has 0 radical (unpaired) electrons. The molecule has 1 heterocycles. The first-order valence-electron chi connectivity index (χ1n) is 11.4. The van der Waals surface area contributed by atoms with Gasteiger partial charge < -0.3 is 15.2 Å². The van der Waals surface area contributed by atoms with Gasteiger partial charge in [0.15, 0.2) is 0 Å². The van der Waals surface area contributed by atoms with E-state index < -0.39 is 48.6 Å². The van der Waals surface area contributed by atoms with Crippen LogP contribution in [0, 0.1) is 22.0 Å². The fourth-order valence-corrected chi connectivity index (χ4v) is 4.60. The number of aliphatic carboxylic acids is 1. The highest BCUT2D eigenvalue weighted by atomic mass is 16.6. The average Bonchev–Trinajstić information content (AvgIpc) is 3.24. The van der Waals surface area contributed by atoms with Gasteiger partial charge in [0.2, 0.25) is 11.9 Å². The summed E-state index contributed by atoms with van der Waals surface area (Å²) in [6, 6.07) is 15.6. The van der Waals surface area contributed by atoms with Gasteiger partial charge in [0.05, 0.1) is 24.7 Å². The molecule has 1 amide bonds. The smallest absolute Gasteiger partial charge is 0.322 e. The SMILES string of the molecule is CCC(C)[C@H](OCc1ccccc1)[C@@H]1C(C(=O)NCC(=O)O)N[C@@H](c2ccccc2)[C@H]1[N+](=O)[O-]. The average molecular weight is 470 g/mol. The van der Waals surface area contributed by atoms with Crippen LogP contribution in [-0.4, -0.2) is 46.6 Å². The number of amides is 1. The Morgan fingerprint density at radius 2 is 1.76 bits per heavy atom. The van der Waals surface area contributed by atoms with Crippen LogP contribution in [0.25, 0.3) is 0 Å². The van der Waals surface area contributed by atoms with Crippen molar-refractivity contribution in [1.29, 1.82) is 0 Å². The van der Waals surface area contributed by atoms with E-state index in [9.17, 15) is 19.7 Å². The Morgan fingerprint density at radius 3 is 2.32 bits per heavy atom. The molecule has 2 unspecified atom stereocenters. The number of carboxylic acids is 1. The number of ether oxygens (including phenoxy) is 1. The van der Waals surface area contributed by atoms with Crippen LogP contribution in [0.2, 0.25) is 0 Å². The molecule has 0 aliphatic carbocycles. The van der Waals surface area contributed by atoms with Crippen molar-refractivity contribution in [3.63, 3.8) is 0 Å². The Bertz CT molecular complexity index is 971. The summed E-state index contributed by atoms with van der Waals surface area (Å²) in [5.74, 6) is -2.67. The highest BCUT2D eigenvalue weighted by molar-refractivity contribution is 5.86. The molecule has 0 aromatic heterocycles. The standard InChI is InChI=1S/C25H31N3O6/c1-3-16(2)24(34-15-17-10-6-4-7-11-17)20-22(25(31)26-14-19(29)30)27-21(23(20)28(32)33)18-12-8-5-9-13-18/h4-13,16,20-24,27H,3,14-15H2,1-2H3,(H,26,31)(H,29,30)/t16?,20-,21+,22?,23+,24+/m1/s1. The Kier molecular flexibility index (Phi) is 8.72. The van der Waals surface area contributed by atoms with Crippen molar-refractivity contribution in [1.82, 2.24) is 10.6 Å². The van der Waals surface area contributed by atoms with Gasteiger partial charge in [-0.1, -0.05) is 80.9 Å². The maximum Gasteiger partial charge on any atom is 0.322 e. The number of nitro groups is 1. The zero-order chi connectivity index (χ0) is 24.7. The summed E-state index contributed by atoms with van der Waals surface area (Å²) in [5.41, 5.74) is 1.61. The summed E-state index contributed by atoms with van der Waals surface area (Å²) in [5, 5.41) is 27.0. The first kappa shape index (κ1) is 25.3. The molecule has 9 nitrogen and oxygen atoms in total. The van der Waals surface area contributed by atoms with Crippen LogP contribution in [0.3, 0.4) is 0 Å². The second kappa shape index (κ2) is 11.7. The summed E-state index contributed by atoms with van der Waals surface area (Å²) in [4.78, 5) is 36.2. The van der Waals surface area contributed by atoms with Gasteiger partial charge >= 0.3 is 5.97 Å². The molecule has 6 atom stereocenters. The second-order valence-electron chi connectivity index (χ2n) is 8.64. The number of nitrogens with zero attached hydrogens (tertiary/aromatic N) is 1. The molecule has 0 spiro atoms. The van der Waals surface area contributed by atoms with Gasteiger partial charge in [-0.3, -0.25) is 25.0 Å². The van der Waals surface area contributed by atoms with Gasteiger partial charge in [-0.05, 0) is 17.0 Å². The van der Waals surface area contributed by atoms with Crippen molar-refractivity contribution in [3.8, 4) is 0 Å². The lowest BCUT2D eigenvalue weighted by atomic mass is 9.80. The quantitative estimate of drug-likeness (QED) is 0.341. The third-order valence-electron chi connectivity index (χ3n) is 6.45. The van der Waals surface area contributed by atoms with Crippen molar-refractivity contribution in [3.05, 3.63) is 81.9 Å². The van der Waals surface area contributed by atoms with Gasteiger partial charge in [0.25, 0.3) is 0 Å². The largest absolute Gasteiger partial charge is 0.480 e. The lowest BCUT2D eigenvalue weighted by Gasteiger charge is -2.32. The third-order valence-corrected chi connectivity index (χ3v) is 6.45. The number of hydrogen-bond donors (Lipinski definition) is 3. The minimum absolute atomic E-state index is 0.0812. The fourth-order valence-electron chi connectivity index (χ4n) is 4.60. The molecule has 1 aliphatic heterocycles. The van der Waals surface area contributed by atoms with Crippen LogP contribution < -0.4 is 10.6 Å². The van der Waals surface area contributed by atoms with Crippen molar-refractivity contribution >= 4 is 11.9 Å². The Morgan fingerprint density at radius 1 is 1.15 bits per heavy atom. The van der Waals surface area contributed by atoms with Crippen LogP contribution in [-0.2, 0) is 20.9 Å². The van der Waals surface area contributed by atoms with Crippen molar-refractivity contribution in [2.75, 3.05) is 6.54 Å². The van der Waals surface area contributed by atoms with E-state index in [1.165, 1.54) is 0 Å². The van der Waals surface area contributed by atoms with E-state index in [0.29, 0.717) is 12.0 Å². The predicted molar refractivity (Wildman–Crippen MR) is 125 cm³/mol. The van der Waals surface area contributed by atoms with E-state index in [4.69, 9.17) is 9.84 Å². The molecule has 0 saturated carbocycles. The van der Waals surface area contributed by atoms with E-state index in [2.05, 4.69) is 10.6 Å². The van der Waals surface area contributed by atoms with Gasteiger partial charge in [0, 0.05) is 4.92 Å². The monoisotopic (exact) mass is 469 g/mol. The first-order valence-corrected chi connectivity index (χ1v) is 11.4. The maximum absolute atomic E-state index is 13.1. The van der Waals surface area contributed by atoms with Crippen LogP contribution in [0.4, 0.5) is 0 Å². The van der Waals surface area contributed by atoms with Crippen molar-refractivity contribution in [2.24, 2.45) is 11.8 Å². The molecular weight excluding hydrogens is 438 g/mol. The number of rotatable bonds is 11. The number of carboxylic acid groups (broad SMARTS) is 1. The molecule has 3 N–H and O–H groups in total. The molecule has 0 bridgehead atoms. The lowest BCUT2D eigenvalue weighted by Crippen LogP contribution is -2.51. The molecule has 1 aliphatic rings. The van der Waals surface area contributed by atoms with Crippen molar-refractivity contribution in [2.45, 2.75) is 51.1 Å². The van der Waals surface area contributed by atoms with Gasteiger partial charge in [-0.2, -0.15) is 0 Å². The van der Waals surface area contributed by atoms with Gasteiger partial charge in [-0.25, -0.2) is 0 Å². The number of nitrogens with one attached hydrogen (secondary N) is 2. The zero-order valence-corrected chi connectivity index (χ0v) is 19.3. The summed E-state index contributed by atoms with van der Waals surface area (Å²) in [7, 11) is 0. The molecule has 1 saturated heterocycles. The van der Waals surface area contributed by atoms with Gasteiger partial charge in [-0.15, -0.1) is 0 Å². The fraction of sp³-hybridized carbons (Fsp3) is 0.440. The number of carbonyl (C=O) groups is 2. The Hall–Kier alpha value is -3.30. The Balaban J connectivity index is 1.99. The minimum Gasteiger partial charge on any atom is -0.480 e. The second-order valence-corrected chi connectivity index (χ2v) is 8.64. The molecule has 1 fully saturated rings. The highest BCUT2D eigenvalue weighted by Gasteiger charge is 2.57. The molecule has 3 rings (SSSR count). The summed E-state index contributed by atoms with van der Waals surface area (Å²) < 4.78 is 6.29. The topological polar surface area (TPSA) is 131 Å². The van der Waals surface area contributed by atoms with E-state index >= 15 is 0 Å².